The number of hydrogen-bond donors (Lipinski definition) is 1. The first-order valence-corrected chi connectivity index (χ1v) is 10.2. The molecule has 0 radical (unpaired) electrons. The number of nitrogens with one attached hydrogen (secondary N) is 1. The van der Waals surface area contributed by atoms with Crippen LogP contribution in [0.5, 0.6) is 5.75 Å². The Balaban J connectivity index is 1.51. The van der Waals surface area contributed by atoms with E-state index in [0.717, 1.165) is 37.7 Å². The third-order valence-corrected chi connectivity index (χ3v) is 4.99. The Morgan fingerprint density at radius 2 is 2.00 bits per heavy atom. The van der Waals surface area contributed by atoms with Gasteiger partial charge in [-0.05, 0) is 41.7 Å². The third kappa shape index (κ3) is 5.94. The van der Waals surface area contributed by atoms with Crippen molar-refractivity contribution in [1.29, 1.82) is 0 Å². The zero-order chi connectivity index (χ0) is 20.9. The van der Waals surface area contributed by atoms with Gasteiger partial charge < -0.3 is 19.7 Å². The average molecular weight is 398 g/mol. The van der Waals surface area contributed by atoms with Crippen LogP contribution in [0.15, 0.2) is 42.6 Å². The second-order valence-corrected chi connectivity index (χ2v) is 8.38. The van der Waals surface area contributed by atoms with Gasteiger partial charge in [0.1, 0.15) is 11.6 Å². The fraction of sp³-hybridized carbons (Fsp3) is 0.478. The van der Waals surface area contributed by atoms with Gasteiger partial charge in [0.15, 0.2) is 6.10 Å². The van der Waals surface area contributed by atoms with Gasteiger partial charge in [0, 0.05) is 25.8 Å². The second-order valence-electron chi connectivity index (χ2n) is 8.38. The Bertz CT molecular complexity index is 809. The Labute approximate surface area is 173 Å². The van der Waals surface area contributed by atoms with E-state index in [9.17, 15) is 4.79 Å². The average Bonchev–Trinajstić information content (AvgIpc) is 2.72. The highest BCUT2D eigenvalue weighted by Gasteiger charge is 2.18. The number of morpholine rings is 1. The zero-order valence-electron chi connectivity index (χ0n) is 17.8. The molecule has 2 heterocycles. The third-order valence-electron chi connectivity index (χ3n) is 4.99. The Morgan fingerprint density at radius 3 is 2.66 bits per heavy atom. The zero-order valence-corrected chi connectivity index (χ0v) is 17.8. The topological polar surface area (TPSA) is 63.7 Å². The van der Waals surface area contributed by atoms with Gasteiger partial charge in [-0.2, -0.15) is 0 Å². The largest absolute Gasteiger partial charge is 0.481 e. The molecule has 0 spiro atoms. The highest BCUT2D eigenvalue weighted by atomic mass is 16.5. The first-order valence-electron chi connectivity index (χ1n) is 10.2. The lowest BCUT2D eigenvalue weighted by molar-refractivity contribution is -0.127. The number of carbonyl (C=O) groups excluding carboxylic acids is 1. The van der Waals surface area contributed by atoms with Crippen molar-refractivity contribution in [2.24, 2.45) is 0 Å². The van der Waals surface area contributed by atoms with Crippen LogP contribution in [0.3, 0.4) is 0 Å². The van der Waals surface area contributed by atoms with E-state index in [-0.39, 0.29) is 11.3 Å². The summed E-state index contributed by atoms with van der Waals surface area (Å²) >= 11 is 0. The van der Waals surface area contributed by atoms with Crippen LogP contribution >= 0.6 is 0 Å². The van der Waals surface area contributed by atoms with E-state index >= 15 is 0 Å². The second kappa shape index (κ2) is 9.27. The summed E-state index contributed by atoms with van der Waals surface area (Å²) < 4.78 is 11.2. The maximum atomic E-state index is 12.4. The van der Waals surface area contributed by atoms with Crippen LogP contribution in [0.25, 0.3) is 0 Å². The summed E-state index contributed by atoms with van der Waals surface area (Å²) in [4.78, 5) is 19.2. The van der Waals surface area contributed by atoms with Gasteiger partial charge in [-0.1, -0.05) is 39.0 Å². The van der Waals surface area contributed by atoms with E-state index in [0.29, 0.717) is 12.3 Å². The van der Waals surface area contributed by atoms with Crippen molar-refractivity contribution in [3.63, 3.8) is 0 Å². The van der Waals surface area contributed by atoms with Crippen LogP contribution in [0.2, 0.25) is 0 Å². The SMILES string of the molecule is C[C@@H](Oc1cccc(C(C)(C)C)c1)C(=O)NCc1ccc(N2CCOCC2)nc1. The van der Waals surface area contributed by atoms with E-state index in [1.807, 2.05) is 36.5 Å². The van der Waals surface area contributed by atoms with Crippen molar-refractivity contribution in [2.75, 3.05) is 31.2 Å². The van der Waals surface area contributed by atoms with E-state index in [4.69, 9.17) is 9.47 Å². The molecule has 1 aromatic heterocycles. The van der Waals surface area contributed by atoms with Crippen LogP contribution < -0.4 is 15.0 Å². The highest BCUT2D eigenvalue weighted by Crippen LogP contribution is 2.26. The van der Waals surface area contributed by atoms with Gasteiger partial charge in [0.2, 0.25) is 0 Å². The molecule has 0 unspecified atom stereocenters. The van der Waals surface area contributed by atoms with Crippen molar-refractivity contribution in [3.8, 4) is 5.75 Å². The van der Waals surface area contributed by atoms with Gasteiger partial charge in [-0.25, -0.2) is 4.98 Å². The molecule has 0 bridgehead atoms. The van der Waals surface area contributed by atoms with Crippen molar-refractivity contribution >= 4 is 11.7 Å². The minimum atomic E-state index is -0.578. The maximum absolute atomic E-state index is 12.4. The van der Waals surface area contributed by atoms with Crippen LogP contribution in [-0.2, 0) is 21.5 Å². The molecule has 1 aliphatic rings. The van der Waals surface area contributed by atoms with Gasteiger partial charge in [-0.15, -0.1) is 0 Å². The number of benzene rings is 1. The molecule has 1 N–H and O–H groups in total. The van der Waals surface area contributed by atoms with Gasteiger partial charge >= 0.3 is 0 Å². The molecule has 1 aromatic carbocycles. The van der Waals surface area contributed by atoms with Crippen molar-refractivity contribution in [3.05, 3.63) is 53.7 Å². The molecule has 1 aliphatic heterocycles. The maximum Gasteiger partial charge on any atom is 0.261 e. The lowest BCUT2D eigenvalue weighted by Gasteiger charge is -2.27. The summed E-state index contributed by atoms with van der Waals surface area (Å²) in [7, 11) is 0. The molecule has 156 valence electrons. The minimum absolute atomic E-state index is 0.0330. The number of carbonyl (C=O) groups is 1. The Hall–Kier alpha value is -2.60. The molecular formula is C23H31N3O3. The van der Waals surface area contributed by atoms with Gasteiger partial charge in [-0.3, -0.25) is 4.79 Å². The molecule has 3 rings (SSSR count). The number of nitrogens with zero attached hydrogens (tertiary/aromatic N) is 2. The van der Waals surface area contributed by atoms with Crippen LogP contribution in [0.4, 0.5) is 5.82 Å². The minimum Gasteiger partial charge on any atom is -0.481 e. The van der Waals surface area contributed by atoms with Crippen molar-refractivity contribution in [1.82, 2.24) is 10.3 Å². The van der Waals surface area contributed by atoms with E-state index in [1.54, 1.807) is 6.92 Å². The van der Waals surface area contributed by atoms with Crippen LogP contribution in [-0.4, -0.2) is 43.3 Å². The molecule has 1 amide bonds. The lowest BCUT2D eigenvalue weighted by Crippen LogP contribution is -2.37. The molecule has 2 aromatic rings. The summed E-state index contributed by atoms with van der Waals surface area (Å²) in [6.07, 6.45) is 1.23. The molecule has 1 saturated heterocycles. The number of hydrogen-bond acceptors (Lipinski definition) is 5. The quantitative estimate of drug-likeness (QED) is 0.810. The van der Waals surface area contributed by atoms with E-state index in [2.05, 4.69) is 42.0 Å². The van der Waals surface area contributed by atoms with Gasteiger partial charge in [0.05, 0.1) is 13.2 Å². The Morgan fingerprint density at radius 1 is 1.24 bits per heavy atom. The summed E-state index contributed by atoms with van der Waals surface area (Å²) in [5, 5.41) is 2.93. The van der Waals surface area contributed by atoms with E-state index < -0.39 is 6.10 Å². The van der Waals surface area contributed by atoms with Crippen LogP contribution in [0.1, 0.15) is 38.8 Å². The fourth-order valence-corrected chi connectivity index (χ4v) is 3.13. The summed E-state index contributed by atoms with van der Waals surface area (Å²) in [6.45, 7) is 11.8. The number of aromatic nitrogens is 1. The summed E-state index contributed by atoms with van der Waals surface area (Å²) in [6, 6.07) is 11.9. The predicted octanol–water partition coefficient (Wildman–Crippen LogP) is 3.30. The number of ether oxygens (including phenoxy) is 2. The molecule has 0 saturated carbocycles. The molecular weight excluding hydrogens is 366 g/mol. The fourth-order valence-electron chi connectivity index (χ4n) is 3.13. The standard InChI is InChI=1S/C23H31N3O3/c1-17(29-20-7-5-6-19(14-20)23(2,3)4)22(27)25-16-18-8-9-21(24-15-18)26-10-12-28-13-11-26/h5-9,14-15,17H,10-13,16H2,1-4H3,(H,25,27)/t17-/m1/s1. The van der Waals surface area contributed by atoms with Crippen molar-refractivity contribution in [2.45, 2.75) is 45.8 Å². The van der Waals surface area contributed by atoms with Crippen LogP contribution in [0, 0.1) is 0 Å². The molecule has 1 fully saturated rings. The summed E-state index contributed by atoms with van der Waals surface area (Å²) in [5.41, 5.74) is 2.16. The Kier molecular flexibility index (Phi) is 6.75. The van der Waals surface area contributed by atoms with Crippen molar-refractivity contribution < 1.29 is 14.3 Å². The number of amides is 1. The molecule has 0 aliphatic carbocycles. The number of pyridine rings is 1. The molecule has 1 atom stereocenters. The molecule has 6 nitrogen and oxygen atoms in total. The predicted molar refractivity (Wildman–Crippen MR) is 114 cm³/mol. The monoisotopic (exact) mass is 397 g/mol. The summed E-state index contributed by atoms with van der Waals surface area (Å²) in [5.74, 6) is 1.50. The van der Waals surface area contributed by atoms with E-state index in [1.165, 1.54) is 5.56 Å². The first kappa shape index (κ1) is 21.1. The first-order chi connectivity index (χ1) is 13.8. The smallest absolute Gasteiger partial charge is 0.261 e. The molecule has 6 heteroatoms. The highest BCUT2D eigenvalue weighted by molar-refractivity contribution is 5.80. The van der Waals surface area contributed by atoms with Gasteiger partial charge in [0.25, 0.3) is 5.91 Å². The molecule has 29 heavy (non-hydrogen) atoms. The number of anilines is 1. The normalized spacial score (nSPS) is 15.7. The lowest BCUT2D eigenvalue weighted by atomic mass is 9.87. The number of rotatable bonds is 6.